The Morgan fingerprint density at radius 2 is 2.47 bits per heavy atom. The van der Waals surface area contributed by atoms with E-state index in [1.165, 1.54) is 6.08 Å². The normalized spacial score (nSPS) is 13.0. The molecule has 0 aliphatic carbocycles. The summed E-state index contributed by atoms with van der Waals surface area (Å²) < 4.78 is 1.03. The summed E-state index contributed by atoms with van der Waals surface area (Å²) in [5, 5.41) is 11.4. The predicted octanol–water partition coefficient (Wildman–Crippen LogP) is 2.02. The van der Waals surface area contributed by atoms with Crippen molar-refractivity contribution in [2.75, 3.05) is 6.61 Å². The minimum absolute atomic E-state index is 0.0515. The largest absolute Gasteiger partial charge is 0.394 e. The number of carbonyl (C=O) groups excluding carboxylic acids is 1. The van der Waals surface area contributed by atoms with Crippen LogP contribution in [0.15, 0.2) is 22.0 Å². The minimum Gasteiger partial charge on any atom is -0.394 e. The molecule has 1 aromatic heterocycles. The maximum Gasteiger partial charge on any atom is 0.244 e. The van der Waals surface area contributed by atoms with Gasteiger partial charge in [0.05, 0.1) is 10.4 Å². The molecule has 0 aliphatic heterocycles. The number of carbonyl (C=O) groups is 1. The van der Waals surface area contributed by atoms with E-state index in [1.54, 1.807) is 24.3 Å². The van der Waals surface area contributed by atoms with Gasteiger partial charge in [-0.3, -0.25) is 4.79 Å². The Bertz CT molecular complexity index is 362. The second-order valence-electron chi connectivity index (χ2n) is 3.07. The molecule has 5 heteroatoms. The van der Waals surface area contributed by atoms with E-state index in [2.05, 4.69) is 21.2 Å². The van der Waals surface area contributed by atoms with Gasteiger partial charge in [-0.05, 0) is 41.1 Å². The molecule has 0 radical (unpaired) electrons. The van der Waals surface area contributed by atoms with Crippen LogP contribution in [0.4, 0.5) is 0 Å². The minimum atomic E-state index is -0.211. The first-order valence-electron chi connectivity index (χ1n) is 4.46. The fourth-order valence-corrected chi connectivity index (χ4v) is 2.24. The lowest BCUT2D eigenvalue weighted by Crippen LogP contribution is -2.33. The van der Waals surface area contributed by atoms with E-state index in [9.17, 15) is 4.79 Å². The quantitative estimate of drug-likeness (QED) is 0.834. The van der Waals surface area contributed by atoms with Crippen LogP contribution < -0.4 is 5.32 Å². The number of thiophene rings is 1. The van der Waals surface area contributed by atoms with Crippen LogP contribution in [0.1, 0.15) is 11.8 Å². The second kappa shape index (κ2) is 6.05. The Labute approximate surface area is 101 Å². The summed E-state index contributed by atoms with van der Waals surface area (Å²) in [5.74, 6) is -0.193. The molecule has 15 heavy (non-hydrogen) atoms. The molecule has 1 heterocycles. The smallest absolute Gasteiger partial charge is 0.244 e. The van der Waals surface area contributed by atoms with Gasteiger partial charge in [0.25, 0.3) is 0 Å². The fraction of sp³-hybridized carbons (Fsp3) is 0.300. The number of rotatable bonds is 4. The number of aliphatic hydroxyl groups is 1. The highest BCUT2D eigenvalue weighted by molar-refractivity contribution is 9.11. The van der Waals surface area contributed by atoms with Crippen molar-refractivity contribution in [3.05, 3.63) is 26.9 Å². The number of hydrogen-bond donors (Lipinski definition) is 2. The van der Waals surface area contributed by atoms with E-state index < -0.39 is 0 Å². The average Bonchev–Trinajstić information content (AvgIpc) is 2.61. The monoisotopic (exact) mass is 289 g/mol. The summed E-state index contributed by atoms with van der Waals surface area (Å²) in [5.41, 5.74) is 0. The highest BCUT2D eigenvalue weighted by Crippen LogP contribution is 2.22. The number of nitrogens with one attached hydrogen (secondary N) is 1. The fourth-order valence-electron chi connectivity index (χ4n) is 0.912. The third-order valence-corrected chi connectivity index (χ3v) is 3.24. The zero-order valence-electron chi connectivity index (χ0n) is 8.24. The van der Waals surface area contributed by atoms with Gasteiger partial charge in [-0.25, -0.2) is 0 Å². The first-order chi connectivity index (χ1) is 7.11. The summed E-state index contributed by atoms with van der Waals surface area (Å²) in [6, 6.07) is 3.64. The highest BCUT2D eigenvalue weighted by Gasteiger charge is 2.02. The average molecular weight is 290 g/mol. The molecule has 1 aromatic rings. The van der Waals surface area contributed by atoms with Crippen LogP contribution in [-0.2, 0) is 4.79 Å². The van der Waals surface area contributed by atoms with Gasteiger partial charge in [0.2, 0.25) is 5.91 Å². The second-order valence-corrected chi connectivity index (χ2v) is 5.56. The zero-order valence-corrected chi connectivity index (χ0v) is 10.6. The van der Waals surface area contributed by atoms with Crippen LogP contribution in [0.25, 0.3) is 6.08 Å². The van der Waals surface area contributed by atoms with Gasteiger partial charge in [-0.2, -0.15) is 0 Å². The Kier molecular flexibility index (Phi) is 5.01. The van der Waals surface area contributed by atoms with Gasteiger partial charge < -0.3 is 10.4 Å². The van der Waals surface area contributed by atoms with Crippen LogP contribution in [0.3, 0.4) is 0 Å². The summed E-state index contributed by atoms with van der Waals surface area (Å²) in [6.45, 7) is 1.69. The third kappa shape index (κ3) is 4.59. The van der Waals surface area contributed by atoms with Crippen molar-refractivity contribution in [1.82, 2.24) is 5.32 Å². The lowest BCUT2D eigenvalue weighted by atomic mass is 10.3. The van der Waals surface area contributed by atoms with Crippen LogP contribution in [-0.4, -0.2) is 23.7 Å². The Hall–Kier alpha value is -0.650. The van der Waals surface area contributed by atoms with E-state index in [-0.39, 0.29) is 18.6 Å². The SMILES string of the molecule is CC(CO)NC(=O)/C=C/c1ccc(Br)s1. The number of halogens is 1. The first kappa shape index (κ1) is 12.4. The summed E-state index contributed by atoms with van der Waals surface area (Å²) in [7, 11) is 0. The van der Waals surface area contributed by atoms with Gasteiger partial charge in [-0.1, -0.05) is 0 Å². The highest BCUT2D eigenvalue weighted by atomic mass is 79.9. The molecule has 0 fully saturated rings. The molecule has 2 N–H and O–H groups in total. The van der Waals surface area contributed by atoms with Crippen LogP contribution in [0, 0.1) is 0 Å². The topological polar surface area (TPSA) is 49.3 Å². The zero-order chi connectivity index (χ0) is 11.3. The maximum absolute atomic E-state index is 11.3. The van der Waals surface area contributed by atoms with Crippen molar-refractivity contribution < 1.29 is 9.90 Å². The first-order valence-corrected chi connectivity index (χ1v) is 6.07. The van der Waals surface area contributed by atoms with Gasteiger partial charge in [0.1, 0.15) is 0 Å². The molecular formula is C10H12BrNO2S. The molecule has 1 rings (SSSR count). The molecule has 0 saturated heterocycles. The van der Waals surface area contributed by atoms with E-state index in [0.29, 0.717) is 0 Å². The van der Waals surface area contributed by atoms with E-state index in [0.717, 1.165) is 8.66 Å². The molecule has 1 unspecified atom stereocenters. The Balaban J connectivity index is 2.47. The number of amides is 1. The summed E-state index contributed by atoms with van der Waals surface area (Å²) in [4.78, 5) is 12.3. The Morgan fingerprint density at radius 3 is 3.00 bits per heavy atom. The molecule has 0 aliphatic rings. The van der Waals surface area contributed by atoms with Gasteiger partial charge >= 0.3 is 0 Å². The lowest BCUT2D eigenvalue weighted by molar-refractivity contribution is -0.117. The summed E-state index contributed by atoms with van der Waals surface area (Å²) >= 11 is 4.90. The lowest BCUT2D eigenvalue weighted by Gasteiger charge is -2.07. The molecular weight excluding hydrogens is 278 g/mol. The van der Waals surface area contributed by atoms with Crippen molar-refractivity contribution >= 4 is 39.2 Å². The number of hydrogen-bond acceptors (Lipinski definition) is 3. The molecule has 1 atom stereocenters. The molecule has 3 nitrogen and oxygen atoms in total. The van der Waals surface area contributed by atoms with E-state index in [4.69, 9.17) is 5.11 Å². The van der Waals surface area contributed by atoms with E-state index >= 15 is 0 Å². The molecule has 82 valence electrons. The van der Waals surface area contributed by atoms with Crippen LogP contribution in [0.5, 0.6) is 0 Å². The molecule has 1 amide bonds. The molecule has 0 aromatic carbocycles. The van der Waals surface area contributed by atoms with Gasteiger partial charge in [0, 0.05) is 17.0 Å². The standard InChI is InChI=1S/C10H12BrNO2S/c1-7(6-13)12-10(14)5-3-8-2-4-9(11)15-8/h2-5,7,13H,6H2,1H3,(H,12,14)/b5-3+. The number of aliphatic hydroxyl groups excluding tert-OH is 1. The van der Waals surface area contributed by atoms with Gasteiger partial charge in [0.15, 0.2) is 0 Å². The predicted molar refractivity (Wildman–Crippen MR) is 65.7 cm³/mol. The van der Waals surface area contributed by atoms with Crippen molar-refractivity contribution in [3.8, 4) is 0 Å². The third-order valence-electron chi connectivity index (χ3n) is 1.66. The Morgan fingerprint density at radius 1 is 1.73 bits per heavy atom. The molecule has 0 saturated carbocycles. The van der Waals surface area contributed by atoms with E-state index in [1.807, 2.05) is 12.1 Å². The van der Waals surface area contributed by atoms with Crippen LogP contribution in [0.2, 0.25) is 0 Å². The molecule has 0 spiro atoms. The summed E-state index contributed by atoms with van der Waals surface area (Å²) in [6.07, 6.45) is 3.21. The van der Waals surface area contributed by atoms with Crippen molar-refractivity contribution in [3.63, 3.8) is 0 Å². The van der Waals surface area contributed by atoms with Crippen LogP contribution >= 0.6 is 27.3 Å². The van der Waals surface area contributed by atoms with Gasteiger partial charge in [-0.15, -0.1) is 11.3 Å². The van der Waals surface area contributed by atoms with Crippen molar-refractivity contribution in [1.29, 1.82) is 0 Å². The van der Waals surface area contributed by atoms with Crippen molar-refractivity contribution in [2.24, 2.45) is 0 Å². The molecule has 0 bridgehead atoms. The maximum atomic E-state index is 11.3. The van der Waals surface area contributed by atoms with Crippen molar-refractivity contribution in [2.45, 2.75) is 13.0 Å².